The van der Waals surface area contributed by atoms with Crippen LogP contribution in [0.5, 0.6) is 5.75 Å². The number of ether oxygens (including phenoxy) is 1. The Morgan fingerprint density at radius 1 is 1.65 bits per heavy atom. The molecule has 0 saturated carbocycles. The van der Waals surface area contributed by atoms with Gasteiger partial charge in [0.2, 0.25) is 0 Å². The Morgan fingerprint density at radius 3 is 2.88 bits per heavy atom. The molecule has 1 fully saturated rings. The minimum atomic E-state index is 0.0219. The molecule has 94 valence electrons. The third-order valence-electron chi connectivity index (χ3n) is 2.88. The van der Waals surface area contributed by atoms with E-state index >= 15 is 0 Å². The van der Waals surface area contributed by atoms with Crippen LogP contribution < -0.4 is 10.5 Å². The highest BCUT2D eigenvalue weighted by molar-refractivity contribution is 9.10. The lowest BCUT2D eigenvalue weighted by molar-refractivity contribution is 0.0792. The molecular formula is C11H15BrN2O2S. The number of methoxy groups -OCH3 is 1. The average molecular weight is 319 g/mol. The minimum absolute atomic E-state index is 0.0219. The van der Waals surface area contributed by atoms with Gasteiger partial charge >= 0.3 is 0 Å². The van der Waals surface area contributed by atoms with Crippen molar-refractivity contribution in [1.29, 1.82) is 0 Å². The molecule has 1 aliphatic rings. The van der Waals surface area contributed by atoms with E-state index in [2.05, 4.69) is 15.9 Å². The van der Waals surface area contributed by atoms with Crippen molar-refractivity contribution >= 4 is 33.2 Å². The monoisotopic (exact) mass is 318 g/mol. The lowest BCUT2D eigenvalue weighted by Crippen LogP contribution is -2.31. The van der Waals surface area contributed by atoms with Crippen molar-refractivity contribution in [3.63, 3.8) is 0 Å². The smallest absolute Gasteiger partial charge is 0.267 e. The van der Waals surface area contributed by atoms with Crippen LogP contribution in [0.25, 0.3) is 0 Å². The van der Waals surface area contributed by atoms with E-state index in [4.69, 9.17) is 10.5 Å². The Morgan fingerprint density at radius 2 is 2.35 bits per heavy atom. The number of thiophene rings is 1. The number of carbonyl (C=O) groups is 1. The molecule has 0 aromatic carbocycles. The van der Waals surface area contributed by atoms with E-state index in [1.807, 2.05) is 6.92 Å². The Labute approximate surface area is 113 Å². The molecule has 1 aromatic rings. The molecule has 0 aliphatic carbocycles. The summed E-state index contributed by atoms with van der Waals surface area (Å²) in [7, 11) is 1.58. The van der Waals surface area contributed by atoms with Crippen molar-refractivity contribution in [2.45, 2.75) is 19.4 Å². The lowest BCUT2D eigenvalue weighted by Gasteiger charge is -2.15. The van der Waals surface area contributed by atoms with E-state index in [0.717, 1.165) is 22.3 Å². The van der Waals surface area contributed by atoms with Gasteiger partial charge in [0.05, 0.1) is 11.6 Å². The first-order chi connectivity index (χ1) is 8.04. The first kappa shape index (κ1) is 12.9. The maximum Gasteiger partial charge on any atom is 0.267 e. The third-order valence-corrected chi connectivity index (χ3v) is 5.17. The fraction of sp³-hybridized carbons (Fsp3) is 0.545. The maximum atomic E-state index is 12.3. The van der Waals surface area contributed by atoms with Crippen LogP contribution in [0.15, 0.2) is 4.47 Å². The summed E-state index contributed by atoms with van der Waals surface area (Å²) in [5, 5.41) is 0. The molecule has 6 heteroatoms. The highest BCUT2D eigenvalue weighted by Gasteiger charge is 2.29. The van der Waals surface area contributed by atoms with E-state index in [0.29, 0.717) is 17.2 Å². The summed E-state index contributed by atoms with van der Waals surface area (Å²) in [6.07, 6.45) is 0.875. The van der Waals surface area contributed by atoms with Gasteiger partial charge in [-0.1, -0.05) is 0 Å². The van der Waals surface area contributed by atoms with Crippen molar-refractivity contribution in [2.24, 2.45) is 5.73 Å². The molecule has 0 bridgehead atoms. The number of aryl methyl sites for hydroxylation is 1. The largest absolute Gasteiger partial charge is 0.494 e. The molecule has 0 radical (unpaired) electrons. The summed E-state index contributed by atoms with van der Waals surface area (Å²) >= 11 is 4.90. The van der Waals surface area contributed by atoms with E-state index in [1.54, 1.807) is 12.0 Å². The quantitative estimate of drug-likeness (QED) is 0.907. The number of nitrogens with zero attached hydrogens (tertiary/aromatic N) is 1. The lowest BCUT2D eigenvalue weighted by atomic mass is 10.3. The van der Waals surface area contributed by atoms with Gasteiger partial charge in [-0.05, 0) is 29.3 Å². The molecule has 1 atom stereocenters. The molecule has 1 aromatic heterocycles. The number of carbonyl (C=O) groups excluding carboxylic acids is 1. The van der Waals surface area contributed by atoms with Gasteiger partial charge in [-0.15, -0.1) is 11.3 Å². The second-order valence-electron chi connectivity index (χ2n) is 4.13. The molecule has 4 nitrogen and oxygen atoms in total. The molecule has 1 amide bonds. The summed E-state index contributed by atoms with van der Waals surface area (Å²) in [4.78, 5) is 15.8. The van der Waals surface area contributed by atoms with E-state index < -0.39 is 0 Å². The summed E-state index contributed by atoms with van der Waals surface area (Å²) in [6, 6.07) is 0.106. The Kier molecular flexibility index (Phi) is 3.75. The van der Waals surface area contributed by atoms with Gasteiger partial charge in [0, 0.05) is 24.0 Å². The van der Waals surface area contributed by atoms with Gasteiger partial charge in [-0.25, -0.2) is 0 Å². The molecule has 2 rings (SSSR count). The number of amides is 1. The standard InChI is InChI=1S/C11H15BrN2O2S/c1-6-8(12)9(16-2)10(17-6)11(15)14-4-3-7(13)5-14/h7H,3-5,13H2,1-2H3/t7-/m1/s1. The Hall–Kier alpha value is -0.590. The zero-order valence-corrected chi connectivity index (χ0v) is 12.2. The number of hydrogen-bond donors (Lipinski definition) is 1. The Bertz CT molecular complexity index is 447. The van der Waals surface area contributed by atoms with Crippen molar-refractivity contribution < 1.29 is 9.53 Å². The van der Waals surface area contributed by atoms with Gasteiger partial charge in [0.15, 0.2) is 5.75 Å². The molecule has 0 unspecified atom stereocenters. The van der Waals surface area contributed by atoms with Crippen molar-refractivity contribution in [3.05, 3.63) is 14.2 Å². The predicted molar refractivity (Wildman–Crippen MR) is 71.8 cm³/mol. The predicted octanol–water partition coefficient (Wildman–Crippen LogP) is 2.00. The SMILES string of the molecule is COc1c(C(=O)N2CC[C@@H](N)C2)sc(C)c1Br. The molecule has 17 heavy (non-hydrogen) atoms. The van der Waals surface area contributed by atoms with Gasteiger partial charge < -0.3 is 15.4 Å². The second kappa shape index (κ2) is 4.96. The van der Waals surface area contributed by atoms with E-state index in [1.165, 1.54) is 11.3 Å². The highest BCUT2D eigenvalue weighted by atomic mass is 79.9. The summed E-state index contributed by atoms with van der Waals surface area (Å²) < 4.78 is 6.16. The first-order valence-electron chi connectivity index (χ1n) is 5.42. The number of likely N-dealkylation sites (tertiary alicyclic amines) is 1. The topological polar surface area (TPSA) is 55.6 Å². The van der Waals surface area contributed by atoms with Gasteiger partial charge in [-0.2, -0.15) is 0 Å². The van der Waals surface area contributed by atoms with Crippen LogP contribution in [-0.2, 0) is 0 Å². The third kappa shape index (κ3) is 2.34. The average Bonchev–Trinajstić information content (AvgIpc) is 2.84. The fourth-order valence-corrected chi connectivity index (χ4v) is 3.66. The maximum absolute atomic E-state index is 12.3. The second-order valence-corrected chi connectivity index (χ2v) is 6.15. The van der Waals surface area contributed by atoms with Crippen molar-refractivity contribution in [1.82, 2.24) is 4.90 Å². The highest BCUT2D eigenvalue weighted by Crippen LogP contribution is 2.39. The normalized spacial score (nSPS) is 19.8. The van der Waals surface area contributed by atoms with Crippen LogP contribution in [0.4, 0.5) is 0 Å². The minimum Gasteiger partial charge on any atom is -0.494 e. The van der Waals surface area contributed by atoms with Crippen LogP contribution >= 0.6 is 27.3 Å². The van der Waals surface area contributed by atoms with Crippen molar-refractivity contribution in [2.75, 3.05) is 20.2 Å². The van der Waals surface area contributed by atoms with Crippen LogP contribution in [0.2, 0.25) is 0 Å². The molecule has 1 saturated heterocycles. The van der Waals surface area contributed by atoms with Gasteiger partial charge in [0.25, 0.3) is 5.91 Å². The summed E-state index contributed by atoms with van der Waals surface area (Å²) in [6.45, 7) is 3.33. The van der Waals surface area contributed by atoms with E-state index in [-0.39, 0.29) is 11.9 Å². The fourth-order valence-electron chi connectivity index (χ4n) is 1.94. The molecule has 2 N–H and O–H groups in total. The molecule has 1 aliphatic heterocycles. The first-order valence-corrected chi connectivity index (χ1v) is 7.03. The van der Waals surface area contributed by atoms with Gasteiger partial charge in [-0.3, -0.25) is 4.79 Å². The summed E-state index contributed by atoms with van der Waals surface area (Å²) in [5.41, 5.74) is 5.82. The zero-order valence-electron chi connectivity index (χ0n) is 9.83. The molecule has 2 heterocycles. The number of halogens is 1. The number of hydrogen-bond acceptors (Lipinski definition) is 4. The molecular weight excluding hydrogens is 304 g/mol. The Balaban J connectivity index is 2.28. The number of rotatable bonds is 2. The number of nitrogens with two attached hydrogens (primary N) is 1. The van der Waals surface area contributed by atoms with E-state index in [9.17, 15) is 4.79 Å². The summed E-state index contributed by atoms with van der Waals surface area (Å²) in [5.74, 6) is 0.659. The van der Waals surface area contributed by atoms with Crippen molar-refractivity contribution in [3.8, 4) is 5.75 Å². The molecule has 0 spiro atoms. The zero-order chi connectivity index (χ0) is 12.6. The van der Waals surface area contributed by atoms with Crippen LogP contribution in [-0.4, -0.2) is 37.0 Å². The van der Waals surface area contributed by atoms with Gasteiger partial charge in [0.1, 0.15) is 4.88 Å². The van der Waals surface area contributed by atoms with Crippen LogP contribution in [0.1, 0.15) is 21.0 Å². The van der Waals surface area contributed by atoms with Crippen LogP contribution in [0, 0.1) is 6.92 Å². The van der Waals surface area contributed by atoms with Crippen LogP contribution in [0.3, 0.4) is 0 Å².